The highest BCUT2D eigenvalue weighted by atomic mass is 16.5. The third kappa shape index (κ3) is 21.3. The van der Waals surface area contributed by atoms with Gasteiger partial charge in [0.2, 0.25) is 41.4 Å². The number of amides is 9. The lowest BCUT2D eigenvalue weighted by Gasteiger charge is -2.33. The Morgan fingerprint density at radius 2 is 1.24 bits per heavy atom. The zero-order valence-electron chi connectivity index (χ0n) is 47.5. The van der Waals surface area contributed by atoms with Gasteiger partial charge in [-0.1, -0.05) is 44.2 Å². The van der Waals surface area contributed by atoms with E-state index >= 15 is 0 Å². The van der Waals surface area contributed by atoms with Crippen LogP contribution < -0.4 is 42.5 Å². The fourth-order valence-electron chi connectivity index (χ4n) is 7.83. The Morgan fingerprint density at radius 3 is 1.73 bits per heavy atom. The molecule has 0 radical (unpaired) electrons. The Morgan fingerprint density at radius 1 is 0.695 bits per heavy atom. The van der Waals surface area contributed by atoms with E-state index in [2.05, 4.69) is 47.5 Å². The number of rotatable bonds is 33. The highest BCUT2D eigenvalue weighted by Crippen LogP contribution is 2.19. The van der Waals surface area contributed by atoms with Crippen molar-refractivity contribution < 1.29 is 98.6 Å². The molecule has 1 heterocycles. The monoisotopic (exact) mass is 1170 g/mol. The predicted octanol–water partition coefficient (Wildman–Crippen LogP) is -7.17. The minimum absolute atomic E-state index is 0.000534. The first-order valence-corrected chi connectivity index (χ1v) is 25.8. The summed E-state index contributed by atoms with van der Waals surface area (Å²) in [6, 6.07) is -3.72. The van der Waals surface area contributed by atoms with Crippen LogP contribution in [-0.2, 0) is 66.2 Å². The van der Waals surface area contributed by atoms with Crippen LogP contribution in [0.3, 0.4) is 0 Å². The van der Waals surface area contributed by atoms with Gasteiger partial charge in [0.15, 0.2) is 12.2 Å². The average Bonchev–Trinajstić information content (AvgIpc) is 3.84. The van der Waals surface area contributed by atoms with Gasteiger partial charge in [-0.05, 0) is 59.4 Å². The first-order valence-electron chi connectivity index (χ1n) is 25.8. The molecule has 9 amide bonds. The van der Waals surface area contributed by atoms with Gasteiger partial charge in [-0.2, -0.15) is 0 Å². The quantitative estimate of drug-likeness (QED) is 0.0316. The number of carbonyl (C=O) groups excluding carboxylic acids is 9. The number of aromatic nitrogens is 2. The minimum atomic E-state index is -2.37. The zero-order chi connectivity index (χ0) is 62.7. The van der Waals surface area contributed by atoms with E-state index in [1.54, 1.807) is 44.2 Å². The molecular formula is C51H81N11O20. The number of nitrogens with one attached hydrogen (secondary N) is 8. The molecule has 2 rings (SSSR count). The van der Waals surface area contributed by atoms with E-state index in [0.29, 0.717) is 5.56 Å². The molecule has 1 aromatic heterocycles. The van der Waals surface area contributed by atoms with Crippen LogP contribution in [0.5, 0.6) is 0 Å². The molecule has 31 heteroatoms. The standard InChI is InChI=1S/C51H81N11O20/c1-24(2)17-28(41(70)55-25(3)49(78)79)56-47(76)40(51(7,8)81)60-42(71)29(22-63)57-46(75)39(50(5,6)80)58-33(65)21-54-43(72)30(18-27-15-13-12-14-16-27)62(10)48(77)38(69)37(68)32(82-11)20-53-44(73)34(59-45(74)35(66)26(4)64)36(67)31-19-52-23-61(31)9/h12-16,19,23-26,28-30,32,34-40,63-64,66-69,80-81H,17-18,20-22H2,1-11H3,(H,53,73)(H,54,72)(H,55,70)(H,56,76)(H,57,75)(H,58,65)(H,59,74)(H,60,71)(H,78,79)/t25-,26-,28-,29-,30-,32-,34+,35+,36+,37-,38-,39+,40+/m0/s1. The summed E-state index contributed by atoms with van der Waals surface area (Å²) in [6.45, 7) is 7.39. The van der Waals surface area contributed by atoms with E-state index < -0.39 is 169 Å². The molecule has 0 bridgehead atoms. The SMILES string of the molecule is CO[C@@H](CNC(=O)[C@H](NC(=O)[C@H](O)[C@H](C)O)[C@H](O)c1cncn1C)[C@H](O)[C@H](O)C(=O)N(C)[C@@H](Cc1ccccc1)C(=O)NCC(=O)N[C@H](C(=O)N[C@@H](CO)C(=O)N[C@H](C(=O)N[C@@H](CC(C)C)C(=O)N[C@@H](C)C(=O)O)C(C)(C)O)C(C)(C)O. The van der Waals surface area contributed by atoms with E-state index in [9.17, 15) is 93.9 Å². The number of aliphatic carboxylic acids is 1. The number of aryl methyl sites for hydroxylation is 1. The van der Waals surface area contributed by atoms with Gasteiger partial charge in [-0.25, -0.2) is 4.98 Å². The number of imidazole rings is 1. The fourth-order valence-corrected chi connectivity index (χ4v) is 7.83. The number of carboxylic acids is 1. The van der Waals surface area contributed by atoms with Gasteiger partial charge < -0.3 is 103 Å². The summed E-state index contributed by atoms with van der Waals surface area (Å²) in [4.78, 5) is 137. The third-order valence-corrected chi connectivity index (χ3v) is 12.7. The van der Waals surface area contributed by atoms with E-state index in [0.717, 1.165) is 53.7 Å². The number of hydrogen-bond donors (Lipinski definition) is 17. The molecule has 0 aliphatic heterocycles. The molecule has 82 heavy (non-hydrogen) atoms. The van der Waals surface area contributed by atoms with Crippen molar-refractivity contribution in [3.63, 3.8) is 0 Å². The van der Waals surface area contributed by atoms with Crippen molar-refractivity contribution in [2.75, 3.05) is 33.9 Å². The Hall–Kier alpha value is -7.23. The average molecular weight is 1170 g/mol. The van der Waals surface area contributed by atoms with Crippen LogP contribution in [0.15, 0.2) is 42.9 Å². The largest absolute Gasteiger partial charge is 0.480 e. The maximum atomic E-state index is 14.0. The molecule has 0 unspecified atom stereocenters. The third-order valence-electron chi connectivity index (χ3n) is 12.7. The Bertz CT molecular complexity index is 2500. The number of methoxy groups -OCH3 is 1. The molecular weight excluding hydrogens is 1090 g/mol. The van der Waals surface area contributed by atoms with Crippen molar-refractivity contribution in [3.8, 4) is 0 Å². The summed E-state index contributed by atoms with van der Waals surface area (Å²) >= 11 is 0. The summed E-state index contributed by atoms with van der Waals surface area (Å²) in [5.41, 5.74) is -3.70. The topological polar surface area (TPSA) is 479 Å². The molecule has 31 nitrogen and oxygen atoms in total. The van der Waals surface area contributed by atoms with Crippen LogP contribution in [0.2, 0.25) is 0 Å². The second kappa shape index (κ2) is 31.8. The van der Waals surface area contributed by atoms with Crippen molar-refractivity contribution in [1.29, 1.82) is 0 Å². The van der Waals surface area contributed by atoms with Crippen molar-refractivity contribution in [1.82, 2.24) is 57.0 Å². The van der Waals surface area contributed by atoms with Crippen molar-refractivity contribution in [3.05, 3.63) is 54.1 Å². The number of benzene rings is 1. The summed E-state index contributed by atoms with van der Waals surface area (Å²) in [6.07, 6.45) is -9.28. The predicted molar refractivity (Wildman–Crippen MR) is 285 cm³/mol. The molecule has 460 valence electrons. The molecule has 0 fully saturated rings. The van der Waals surface area contributed by atoms with E-state index in [4.69, 9.17) is 4.74 Å². The smallest absolute Gasteiger partial charge is 0.325 e. The number of carbonyl (C=O) groups is 10. The lowest BCUT2D eigenvalue weighted by Crippen LogP contribution is -2.65. The summed E-state index contributed by atoms with van der Waals surface area (Å²) in [5, 5.41) is 113. The molecule has 0 aliphatic rings. The molecule has 1 aromatic carbocycles. The molecule has 0 spiro atoms. The first-order chi connectivity index (χ1) is 38.0. The van der Waals surface area contributed by atoms with Gasteiger partial charge in [-0.3, -0.25) is 47.9 Å². The fraction of sp³-hybridized carbons (Fsp3) is 0.627. The highest BCUT2D eigenvalue weighted by Gasteiger charge is 2.43. The number of carboxylic acid groups (broad SMARTS) is 1. The van der Waals surface area contributed by atoms with Crippen LogP contribution in [0.1, 0.15) is 79.2 Å². The number of aliphatic hydroxyl groups is 8. The molecule has 0 saturated heterocycles. The number of hydrogen-bond acceptors (Lipinski definition) is 20. The summed E-state index contributed by atoms with van der Waals surface area (Å²) in [5.74, 6) is -11.9. The second-order valence-electron chi connectivity index (χ2n) is 21.1. The van der Waals surface area contributed by atoms with E-state index in [-0.39, 0.29) is 24.5 Å². The van der Waals surface area contributed by atoms with Gasteiger partial charge >= 0.3 is 5.97 Å². The van der Waals surface area contributed by atoms with Crippen LogP contribution in [0, 0.1) is 5.92 Å². The number of nitrogens with zero attached hydrogens (tertiary/aromatic N) is 3. The van der Waals surface area contributed by atoms with Crippen molar-refractivity contribution in [2.24, 2.45) is 13.0 Å². The van der Waals surface area contributed by atoms with Gasteiger partial charge in [-0.15, -0.1) is 0 Å². The highest BCUT2D eigenvalue weighted by molar-refractivity contribution is 5.98. The maximum Gasteiger partial charge on any atom is 0.325 e. The Kier molecular flexibility index (Phi) is 27.5. The van der Waals surface area contributed by atoms with Crippen LogP contribution in [-0.4, -0.2) is 237 Å². The van der Waals surface area contributed by atoms with Gasteiger partial charge in [0.05, 0.1) is 48.7 Å². The lowest BCUT2D eigenvalue weighted by molar-refractivity contribution is -0.156. The Balaban J connectivity index is 2.28. The van der Waals surface area contributed by atoms with Crippen LogP contribution >= 0.6 is 0 Å². The van der Waals surface area contributed by atoms with E-state index in [1.165, 1.54) is 31.1 Å². The van der Waals surface area contributed by atoms with Gasteiger partial charge in [0.25, 0.3) is 11.8 Å². The summed E-state index contributed by atoms with van der Waals surface area (Å²) in [7, 11) is 3.62. The van der Waals surface area contributed by atoms with Crippen molar-refractivity contribution in [2.45, 2.75) is 158 Å². The molecule has 0 saturated carbocycles. The molecule has 13 atom stereocenters. The van der Waals surface area contributed by atoms with Crippen molar-refractivity contribution >= 4 is 59.1 Å². The number of ether oxygens (including phenoxy) is 1. The Labute approximate surface area is 472 Å². The lowest BCUT2D eigenvalue weighted by atomic mass is 9.95. The van der Waals surface area contributed by atoms with Crippen LogP contribution in [0.25, 0.3) is 0 Å². The van der Waals surface area contributed by atoms with Gasteiger partial charge in [0.1, 0.15) is 60.6 Å². The molecule has 0 aliphatic carbocycles. The van der Waals surface area contributed by atoms with Crippen LogP contribution in [0.4, 0.5) is 0 Å². The van der Waals surface area contributed by atoms with E-state index in [1.807, 2.05) is 0 Å². The van der Waals surface area contributed by atoms with Gasteiger partial charge in [0, 0.05) is 34.2 Å². The first kappa shape index (κ1) is 70.9. The normalized spacial score (nSPS) is 16.5. The second-order valence-corrected chi connectivity index (χ2v) is 21.1. The molecule has 17 N–H and O–H groups in total. The zero-order valence-corrected chi connectivity index (χ0v) is 47.5. The molecule has 2 aromatic rings. The number of aliphatic hydroxyl groups excluding tert-OH is 6. The maximum absolute atomic E-state index is 14.0. The number of likely N-dealkylation sites (N-methyl/N-ethyl adjacent to an activating group) is 1. The minimum Gasteiger partial charge on any atom is -0.480 e. The summed E-state index contributed by atoms with van der Waals surface area (Å²) < 4.78 is 6.60.